The van der Waals surface area contributed by atoms with Crippen molar-refractivity contribution in [3.63, 3.8) is 0 Å². The van der Waals surface area contributed by atoms with Crippen LogP contribution in [0.5, 0.6) is 0 Å². The normalized spacial score (nSPS) is 9.42. The molecule has 0 aliphatic heterocycles. The van der Waals surface area contributed by atoms with Gasteiger partial charge in [0.1, 0.15) is 0 Å². The highest BCUT2D eigenvalue weighted by atomic mass is 16.1. The standard InChI is InChI=1S/C16H12N2O/c17-11-15-5-3-13(4-6-15)1-2-14-7-9-16(10-8-14)18-12-19/h3-10H,1-2H2. The molecule has 0 bridgehead atoms. The van der Waals surface area contributed by atoms with Crippen molar-refractivity contribution in [3.8, 4) is 6.07 Å². The molecule has 3 nitrogen and oxygen atoms in total. The molecule has 0 atom stereocenters. The number of hydrogen-bond acceptors (Lipinski definition) is 3. The summed E-state index contributed by atoms with van der Waals surface area (Å²) in [5.74, 6) is 0. The lowest BCUT2D eigenvalue weighted by atomic mass is 10.0. The quantitative estimate of drug-likeness (QED) is 0.615. The Kier molecular flexibility index (Phi) is 4.23. The van der Waals surface area contributed by atoms with Gasteiger partial charge in [0.25, 0.3) is 0 Å². The lowest BCUT2D eigenvalue weighted by molar-refractivity contribution is 0.565. The van der Waals surface area contributed by atoms with Crippen LogP contribution in [0.1, 0.15) is 16.7 Å². The molecule has 2 aromatic carbocycles. The van der Waals surface area contributed by atoms with E-state index in [0.29, 0.717) is 11.3 Å². The van der Waals surface area contributed by atoms with E-state index < -0.39 is 0 Å². The van der Waals surface area contributed by atoms with Gasteiger partial charge in [0.05, 0.1) is 17.3 Å². The molecule has 0 radical (unpaired) electrons. The van der Waals surface area contributed by atoms with Crippen molar-refractivity contribution < 1.29 is 4.79 Å². The average molecular weight is 248 g/mol. The number of nitriles is 1. The Hall–Kier alpha value is -2.69. The van der Waals surface area contributed by atoms with Gasteiger partial charge in [0.2, 0.25) is 6.08 Å². The van der Waals surface area contributed by atoms with Crippen LogP contribution in [-0.2, 0) is 17.6 Å². The van der Waals surface area contributed by atoms with Crippen LogP contribution in [0.4, 0.5) is 5.69 Å². The summed E-state index contributed by atoms with van der Waals surface area (Å²) >= 11 is 0. The number of benzene rings is 2. The van der Waals surface area contributed by atoms with Gasteiger partial charge in [0.15, 0.2) is 0 Å². The molecule has 2 rings (SSSR count). The van der Waals surface area contributed by atoms with E-state index in [1.54, 1.807) is 12.1 Å². The Morgan fingerprint density at radius 3 is 1.89 bits per heavy atom. The summed E-state index contributed by atoms with van der Waals surface area (Å²) in [7, 11) is 0. The Morgan fingerprint density at radius 2 is 1.42 bits per heavy atom. The summed E-state index contributed by atoms with van der Waals surface area (Å²) in [5.41, 5.74) is 3.69. The third-order valence-electron chi connectivity index (χ3n) is 2.90. The van der Waals surface area contributed by atoms with E-state index in [4.69, 9.17) is 5.26 Å². The van der Waals surface area contributed by atoms with E-state index in [0.717, 1.165) is 12.8 Å². The van der Waals surface area contributed by atoms with Crippen molar-refractivity contribution in [1.82, 2.24) is 0 Å². The number of aliphatic imine (C=N–C) groups is 1. The summed E-state index contributed by atoms with van der Waals surface area (Å²) in [6, 6.07) is 17.2. The summed E-state index contributed by atoms with van der Waals surface area (Å²) in [5, 5.41) is 8.72. The summed E-state index contributed by atoms with van der Waals surface area (Å²) in [4.78, 5) is 13.7. The molecule has 92 valence electrons. The number of isocyanates is 1. The smallest absolute Gasteiger partial charge is 0.211 e. The van der Waals surface area contributed by atoms with E-state index >= 15 is 0 Å². The molecule has 0 aromatic heterocycles. The third kappa shape index (κ3) is 3.64. The van der Waals surface area contributed by atoms with Crippen molar-refractivity contribution >= 4 is 11.8 Å². The SMILES string of the molecule is N#Cc1ccc(CCc2ccc(N=C=O)cc2)cc1. The zero-order valence-corrected chi connectivity index (χ0v) is 10.3. The molecule has 0 heterocycles. The molecule has 0 aliphatic rings. The van der Waals surface area contributed by atoms with Crippen LogP contribution in [0.2, 0.25) is 0 Å². The second kappa shape index (κ2) is 6.30. The molecule has 3 heteroatoms. The Labute approximate surface area is 111 Å². The number of rotatable bonds is 4. The molecular weight excluding hydrogens is 236 g/mol. The lowest BCUT2D eigenvalue weighted by Gasteiger charge is -2.02. The molecule has 0 unspecified atom stereocenters. The first kappa shape index (κ1) is 12.8. The van der Waals surface area contributed by atoms with E-state index in [9.17, 15) is 4.79 Å². The van der Waals surface area contributed by atoms with E-state index in [1.165, 1.54) is 17.2 Å². The molecule has 0 saturated carbocycles. The molecule has 0 fully saturated rings. The lowest BCUT2D eigenvalue weighted by Crippen LogP contribution is -1.91. The Balaban J connectivity index is 1.98. The number of hydrogen-bond donors (Lipinski definition) is 0. The van der Waals surface area contributed by atoms with E-state index in [1.807, 2.05) is 36.4 Å². The van der Waals surface area contributed by atoms with Crippen molar-refractivity contribution in [2.24, 2.45) is 4.99 Å². The molecule has 2 aromatic rings. The molecule has 0 amide bonds. The van der Waals surface area contributed by atoms with Crippen molar-refractivity contribution in [2.45, 2.75) is 12.8 Å². The predicted molar refractivity (Wildman–Crippen MR) is 72.8 cm³/mol. The van der Waals surface area contributed by atoms with Crippen molar-refractivity contribution in [2.75, 3.05) is 0 Å². The molecule has 0 aliphatic carbocycles. The zero-order valence-electron chi connectivity index (χ0n) is 10.3. The predicted octanol–water partition coefficient (Wildman–Crippen LogP) is 3.31. The fourth-order valence-electron chi connectivity index (χ4n) is 1.82. The molecule has 19 heavy (non-hydrogen) atoms. The van der Waals surface area contributed by atoms with Gasteiger partial charge in [-0.05, 0) is 48.2 Å². The van der Waals surface area contributed by atoms with Crippen LogP contribution in [-0.4, -0.2) is 6.08 Å². The average Bonchev–Trinajstić information content (AvgIpc) is 2.47. The van der Waals surface area contributed by atoms with Gasteiger partial charge in [-0.25, -0.2) is 4.79 Å². The van der Waals surface area contributed by atoms with Gasteiger partial charge < -0.3 is 0 Å². The zero-order chi connectivity index (χ0) is 13.5. The molecule has 0 spiro atoms. The number of aryl methyl sites for hydroxylation is 2. The topological polar surface area (TPSA) is 53.2 Å². The fourth-order valence-corrected chi connectivity index (χ4v) is 1.82. The second-order valence-corrected chi connectivity index (χ2v) is 4.18. The fraction of sp³-hybridized carbons (Fsp3) is 0.125. The Bertz CT molecular complexity index is 630. The van der Waals surface area contributed by atoms with Gasteiger partial charge in [-0.3, -0.25) is 0 Å². The van der Waals surface area contributed by atoms with Gasteiger partial charge in [-0.1, -0.05) is 24.3 Å². The minimum absolute atomic E-state index is 0.622. The van der Waals surface area contributed by atoms with Gasteiger partial charge >= 0.3 is 0 Å². The number of nitrogens with zero attached hydrogens (tertiary/aromatic N) is 2. The van der Waals surface area contributed by atoms with E-state index in [-0.39, 0.29) is 0 Å². The van der Waals surface area contributed by atoms with Crippen LogP contribution < -0.4 is 0 Å². The molecule has 0 N–H and O–H groups in total. The highest BCUT2D eigenvalue weighted by Gasteiger charge is 1.97. The Morgan fingerprint density at radius 1 is 0.895 bits per heavy atom. The van der Waals surface area contributed by atoms with Gasteiger partial charge in [-0.15, -0.1) is 0 Å². The maximum atomic E-state index is 10.1. The van der Waals surface area contributed by atoms with Crippen LogP contribution in [0.3, 0.4) is 0 Å². The second-order valence-electron chi connectivity index (χ2n) is 4.18. The monoisotopic (exact) mass is 248 g/mol. The maximum absolute atomic E-state index is 10.1. The first-order valence-electron chi connectivity index (χ1n) is 5.97. The van der Waals surface area contributed by atoms with Crippen LogP contribution in [0.25, 0.3) is 0 Å². The first-order chi connectivity index (χ1) is 9.31. The molecule has 0 saturated heterocycles. The van der Waals surface area contributed by atoms with Crippen molar-refractivity contribution in [1.29, 1.82) is 5.26 Å². The maximum Gasteiger partial charge on any atom is 0.240 e. The summed E-state index contributed by atoms with van der Waals surface area (Å²) in [6.45, 7) is 0. The minimum Gasteiger partial charge on any atom is -0.211 e. The number of carbonyl (C=O) groups excluding carboxylic acids is 1. The van der Waals surface area contributed by atoms with E-state index in [2.05, 4.69) is 11.1 Å². The van der Waals surface area contributed by atoms with Gasteiger partial charge in [0, 0.05) is 0 Å². The van der Waals surface area contributed by atoms with Crippen molar-refractivity contribution in [3.05, 3.63) is 65.2 Å². The van der Waals surface area contributed by atoms with Gasteiger partial charge in [-0.2, -0.15) is 10.3 Å². The minimum atomic E-state index is 0.622. The summed E-state index contributed by atoms with van der Waals surface area (Å²) in [6.07, 6.45) is 3.35. The first-order valence-corrected chi connectivity index (χ1v) is 5.97. The van der Waals surface area contributed by atoms with Crippen LogP contribution in [0.15, 0.2) is 53.5 Å². The highest BCUT2D eigenvalue weighted by Crippen LogP contribution is 2.14. The largest absolute Gasteiger partial charge is 0.240 e. The van der Waals surface area contributed by atoms with Crippen LogP contribution >= 0.6 is 0 Å². The highest BCUT2D eigenvalue weighted by molar-refractivity contribution is 5.49. The summed E-state index contributed by atoms with van der Waals surface area (Å²) < 4.78 is 0. The molecular formula is C16H12N2O. The van der Waals surface area contributed by atoms with Crippen LogP contribution in [0, 0.1) is 11.3 Å². The third-order valence-corrected chi connectivity index (χ3v) is 2.90.